The molecule has 0 aliphatic rings. The molecular formula is C20H11BrF4N2O3. The van der Waals surface area contributed by atoms with E-state index in [0.717, 1.165) is 48.5 Å². The van der Waals surface area contributed by atoms with E-state index in [0.29, 0.717) is 9.37 Å². The molecule has 0 unspecified atom stereocenters. The van der Waals surface area contributed by atoms with Crippen LogP contribution in [0.3, 0.4) is 0 Å². The van der Waals surface area contributed by atoms with E-state index in [4.69, 9.17) is 0 Å². The van der Waals surface area contributed by atoms with E-state index < -0.39 is 63.1 Å². The molecule has 154 valence electrons. The monoisotopic (exact) mass is 482 g/mol. The lowest BCUT2D eigenvalue weighted by molar-refractivity contribution is -0.384. The molecule has 0 saturated heterocycles. The average Bonchev–Trinajstić information content (AvgIpc) is 2.68. The van der Waals surface area contributed by atoms with Gasteiger partial charge in [0, 0.05) is 16.1 Å². The van der Waals surface area contributed by atoms with Crippen LogP contribution in [0.25, 0.3) is 0 Å². The molecule has 5 nitrogen and oxygen atoms in total. The Labute approximate surface area is 175 Å². The lowest BCUT2D eigenvalue weighted by atomic mass is 10.1. The second kappa shape index (κ2) is 8.62. The van der Waals surface area contributed by atoms with Crippen molar-refractivity contribution in [2.75, 3.05) is 4.90 Å². The summed E-state index contributed by atoms with van der Waals surface area (Å²) in [5.41, 5.74) is -2.60. The van der Waals surface area contributed by atoms with E-state index in [2.05, 4.69) is 15.9 Å². The van der Waals surface area contributed by atoms with Gasteiger partial charge in [0.05, 0.1) is 11.5 Å². The molecule has 3 aromatic rings. The van der Waals surface area contributed by atoms with E-state index in [1.54, 1.807) is 0 Å². The van der Waals surface area contributed by atoms with Crippen molar-refractivity contribution >= 4 is 33.2 Å². The van der Waals surface area contributed by atoms with Crippen molar-refractivity contribution in [1.29, 1.82) is 0 Å². The zero-order valence-corrected chi connectivity index (χ0v) is 16.5. The summed E-state index contributed by atoms with van der Waals surface area (Å²) < 4.78 is 57.1. The molecule has 0 bridgehead atoms. The Bertz CT molecular complexity index is 1120. The van der Waals surface area contributed by atoms with Gasteiger partial charge in [-0.05, 0) is 36.4 Å². The van der Waals surface area contributed by atoms with Crippen molar-refractivity contribution in [3.63, 3.8) is 0 Å². The molecule has 0 aliphatic heterocycles. The van der Waals surface area contributed by atoms with Gasteiger partial charge in [-0.2, -0.15) is 0 Å². The summed E-state index contributed by atoms with van der Waals surface area (Å²) in [5.74, 6) is -5.83. The van der Waals surface area contributed by atoms with Gasteiger partial charge < -0.3 is 0 Å². The second-order valence-electron chi connectivity index (χ2n) is 6.08. The van der Waals surface area contributed by atoms with Crippen LogP contribution in [0.15, 0.2) is 59.1 Å². The average molecular weight is 483 g/mol. The van der Waals surface area contributed by atoms with Crippen LogP contribution in [0.2, 0.25) is 0 Å². The van der Waals surface area contributed by atoms with E-state index in [-0.39, 0.29) is 0 Å². The Hall–Kier alpha value is -3.27. The molecule has 0 atom stereocenters. The molecule has 0 heterocycles. The van der Waals surface area contributed by atoms with Crippen LogP contribution in [-0.2, 0) is 6.54 Å². The summed E-state index contributed by atoms with van der Waals surface area (Å²) in [7, 11) is 0. The summed E-state index contributed by atoms with van der Waals surface area (Å²) in [5, 5.41) is 11.5. The number of nitro benzene ring substituents is 1. The Balaban J connectivity index is 2.22. The van der Waals surface area contributed by atoms with Crippen molar-refractivity contribution in [1.82, 2.24) is 0 Å². The van der Waals surface area contributed by atoms with E-state index in [9.17, 15) is 32.5 Å². The molecule has 0 saturated carbocycles. The van der Waals surface area contributed by atoms with Gasteiger partial charge in [-0.25, -0.2) is 17.6 Å². The molecule has 3 rings (SSSR count). The molecular weight excluding hydrogens is 472 g/mol. The summed E-state index contributed by atoms with van der Waals surface area (Å²) in [6.45, 7) is -0.840. The maximum Gasteiger partial charge on any atom is 0.294 e. The predicted molar refractivity (Wildman–Crippen MR) is 104 cm³/mol. The quantitative estimate of drug-likeness (QED) is 0.263. The summed E-state index contributed by atoms with van der Waals surface area (Å²) in [6.07, 6.45) is 0. The van der Waals surface area contributed by atoms with Crippen molar-refractivity contribution in [2.45, 2.75) is 6.54 Å². The first-order chi connectivity index (χ1) is 14.2. The van der Waals surface area contributed by atoms with Crippen LogP contribution >= 0.6 is 15.9 Å². The van der Waals surface area contributed by atoms with Crippen molar-refractivity contribution < 1.29 is 27.3 Å². The van der Waals surface area contributed by atoms with Gasteiger partial charge in [-0.15, -0.1) is 0 Å². The van der Waals surface area contributed by atoms with Crippen LogP contribution < -0.4 is 4.90 Å². The fraction of sp³-hybridized carbons (Fsp3) is 0.0500. The third-order valence-corrected chi connectivity index (χ3v) is 4.72. The summed E-state index contributed by atoms with van der Waals surface area (Å²) in [4.78, 5) is 24.3. The molecule has 0 radical (unpaired) electrons. The third kappa shape index (κ3) is 4.18. The summed E-state index contributed by atoms with van der Waals surface area (Å²) >= 11 is 3.06. The van der Waals surface area contributed by atoms with Gasteiger partial charge in [-0.1, -0.05) is 28.1 Å². The highest BCUT2D eigenvalue weighted by molar-refractivity contribution is 9.10. The SMILES string of the molecule is O=C(c1c(F)cccc1F)N(Cc1c(F)cccc1F)c1ccc(Br)cc1[N+](=O)[O-]. The maximum absolute atomic E-state index is 14.2. The van der Waals surface area contributed by atoms with E-state index in [1.807, 2.05) is 0 Å². The second-order valence-corrected chi connectivity index (χ2v) is 6.99. The molecule has 0 fully saturated rings. The number of nitrogens with zero attached hydrogens (tertiary/aromatic N) is 2. The third-order valence-electron chi connectivity index (χ3n) is 4.22. The number of carbonyl (C=O) groups excluding carboxylic acids is 1. The fourth-order valence-corrected chi connectivity index (χ4v) is 3.17. The Morgan fingerprint density at radius 1 is 0.933 bits per heavy atom. The molecule has 0 aliphatic carbocycles. The van der Waals surface area contributed by atoms with Crippen molar-refractivity contribution in [2.24, 2.45) is 0 Å². The Morgan fingerprint density at radius 2 is 1.47 bits per heavy atom. The molecule has 30 heavy (non-hydrogen) atoms. The van der Waals surface area contributed by atoms with Crippen LogP contribution in [0.4, 0.5) is 28.9 Å². The first kappa shape index (κ1) is 21.4. The number of anilines is 1. The van der Waals surface area contributed by atoms with E-state index >= 15 is 0 Å². The minimum Gasteiger partial charge on any atom is -0.297 e. The molecule has 0 aromatic heterocycles. The molecule has 3 aromatic carbocycles. The number of rotatable bonds is 5. The first-order valence-corrected chi connectivity index (χ1v) is 9.12. The zero-order valence-electron chi connectivity index (χ0n) is 14.9. The highest BCUT2D eigenvalue weighted by Crippen LogP contribution is 2.34. The Morgan fingerprint density at radius 3 is 2.00 bits per heavy atom. The summed E-state index contributed by atoms with van der Waals surface area (Å²) in [6, 6.07) is 9.19. The number of carbonyl (C=O) groups is 1. The van der Waals surface area contributed by atoms with Gasteiger partial charge in [0.1, 0.15) is 34.5 Å². The minimum atomic E-state index is -1.33. The fourth-order valence-electron chi connectivity index (χ4n) is 2.82. The Kier molecular flexibility index (Phi) is 6.16. The number of nitro groups is 1. The lowest BCUT2D eigenvalue weighted by Crippen LogP contribution is -2.33. The van der Waals surface area contributed by atoms with Crippen LogP contribution in [-0.4, -0.2) is 10.8 Å². The predicted octanol–water partition coefficient (Wildman–Crippen LogP) is 5.76. The smallest absolute Gasteiger partial charge is 0.294 e. The van der Waals surface area contributed by atoms with Gasteiger partial charge in [0.15, 0.2) is 0 Å². The first-order valence-electron chi connectivity index (χ1n) is 8.33. The molecule has 0 spiro atoms. The topological polar surface area (TPSA) is 63.5 Å². The normalized spacial score (nSPS) is 10.7. The number of halogens is 5. The van der Waals surface area contributed by atoms with Gasteiger partial charge >= 0.3 is 0 Å². The van der Waals surface area contributed by atoms with Gasteiger partial charge in [-0.3, -0.25) is 19.8 Å². The van der Waals surface area contributed by atoms with E-state index in [1.165, 1.54) is 6.07 Å². The standard InChI is InChI=1S/C20H11BrF4N2O3/c21-11-7-8-17(18(9-11)27(29)30)26(10-12-13(22)3-1-4-14(12)23)20(28)19-15(24)5-2-6-16(19)25/h1-9H,10H2. The molecule has 0 N–H and O–H groups in total. The highest BCUT2D eigenvalue weighted by Gasteiger charge is 2.30. The number of amides is 1. The highest BCUT2D eigenvalue weighted by atomic mass is 79.9. The van der Waals surface area contributed by atoms with Gasteiger partial charge in [0.25, 0.3) is 11.6 Å². The maximum atomic E-state index is 14.2. The van der Waals surface area contributed by atoms with Crippen LogP contribution in [0.1, 0.15) is 15.9 Å². The number of benzene rings is 3. The molecule has 1 amide bonds. The minimum absolute atomic E-state index is 0.291. The number of hydrogen-bond acceptors (Lipinski definition) is 3. The molecule has 10 heteroatoms. The van der Waals surface area contributed by atoms with Crippen LogP contribution in [0.5, 0.6) is 0 Å². The lowest BCUT2D eigenvalue weighted by Gasteiger charge is -2.24. The van der Waals surface area contributed by atoms with Crippen molar-refractivity contribution in [3.05, 3.63) is 104 Å². The van der Waals surface area contributed by atoms with Crippen LogP contribution in [0, 0.1) is 33.4 Å². The van der Waals surface area contributed by atoms with Crippen molar-refractivity contribution in [3.8, 4) is 0 Å². The van der Waals surface area contributed by atoms with Gasteiger partial charge in [0.2, 0.25) is 0 Å². The zero-order chi connectivity index (χ0) is 22.0. The number of hydrogen-bond donors (Lipinski definition) is 0. The largest absolute Gasteiger partial charge is 0.297 e.